The van der Waals surface area contributed by atoms with E-state index in [1.807, 2.05) is 25.1 Å². The van der Waals surface area contributed by atoms with E-state index in [0.29, 0.717) is 12.6 Å². The van der Waals surface area contributed by atoms with Gasteiger partial charge in [0.1, 0.15) is 5.75 Å². The van der Waals surface area contributed by atoms with Crippen LogP contribution >= 0.6 is 0 Å². The number of ether oxygens (including phenoxy) is 2. The third kappa shape index (κ3) is 3.37. The second kappa shape index (κ2) is 6.61. The van der Waals surface area contributed by atoms with E-state index >= 15 is 0 Å². The Bertz CT molecular complexity index is 375. The summed E-state index contributed by atoms with van der Waals surface area (Å²) in [5.41, 5.74) is 1.83. The van der Waals surface area contributed by atoms with Gasteiger partial charge in [-0.1, -0.05) is 0 Å². The van der Waals surface area contributed by atoms with E-state index in [9.17, 15) is 5.11 Å². The number of benzene rings is 1. The lowest BCUT2D eigenvalue weighted by Crippen LogP contribution is -2.29. The average Bonchev–Trinajstić information content (AvgIpc) is 2.42. The van der Waals surface area contributed by atoms with Crippen LogP contribution in [0.3, 0.4) is 0 Å². The first-order chi connectivity index (χ1) is 8.83. The Labute approximate surface area is 108 Å². The van der Waals surface area contributed by atoms with E-state index in [4.69, 9.17) is 9.47 Å². The largest absolute Gasteiger partial charge is 0.494 e. The number of aliphatic hydroxyl groups excluding tert-OH is 1. The van der Waals surface area contributed by atoms with Crippen LogP contribution in [0.25, 0.3) is 0 Å². The van der Waals surface area contributed by atoms with Crippen molar-refractivity contribution in [3.63, 3.8) is 0 Å². The molecule has 100 valence electrons. The molecule has 0 aromatic heterocycles. The van der Waals surface area contributed by atoms with Crippen molar-refractivity contribution in [3.8, 4) is 5.75 Å². The molecule has 0 radical (unpaired) electrons. The maximum absolute atomic E-state index is 9.34. The van der Waals surface area contributed by atoms with Crippen LogP contribution < -0.4 is 10.1 Å². The molecule has 0 aliphatic carbocycles. The van der Waals surface area contributed by atoms with Crippen molar-refractivity contribution in [2.45, 2.75) is 32.4 Å². The van der Waals surface area contributed by atoms with Crippen LogP contribution in [0.5, 0.6) is 5.75 Å². The molecule has 0 saturated carbocycles. The molecule has 2 rings (SSSR count). The van der Waals surface area contributed by atoms with E-state index in [1.54, 1.807) is 0 Å². The third-order valence-corrected chi connectivity index (χ3v) is 3.06. The van der Waals surface area contributed by atoms with Crippen LogP contribution in [0.4, 0.5) is 5.69 Å². The zero-order valence-electron chi connectivity index (χ0n) is 10.8. The SMILES string of the molecule is CCOc1ccc(NC2CCCOC2)cc1CO. The smallest absolute Gasteiger partial charge is 0.124 e. The van der Waals surface area contributed by atoms with Crippen molar-refractivity contribution in [2.75, 3.05) is 25.1 Å². The summed E-state index contributed by atoms with van der Waals surface area (Å²) in [5, 5.41) is 12.8. The molecule has 1 heterocycles. The van der Waals surface area contributed by atoms with Gasteiger partial charge >= 0.3 is 0 Å². The first kappa shape index (κ1) is 13.2. The minimum absolute atomic E-state index is 0.00792. The van der Waals surface area contributed by atoms with Crippen molar-refractivity contribution >= 4 is 5.69 Å². The van der Waals surface area contributed by atoms with Gasteiger partial charge in [-0.3, -0.25) is 0 Å². The third-order valence-electron chi connectivity index (χ3n) is 3.06. The zero-order valence-corrected chi connectivity index (χ0v) is 10.8. The lowest BCUT2D eigenvalue weighted by atomic mass is 10.1. The van der Waals surface area contributed by atoms with Gasteiger partial charge in [0.15, 0.2) is 0 Å². The molecule has 1 aromatic carbocycles. The summed E-state index contributed by atoms with van der Waals surface area (Å²) in [6, 6.07) is 6.20. The summed E-state index contributed by atoms with van der Waals surface area (Å²) in [4.78, 5) is 0. The number of hydrogen-bond acceptors (Lipinski definition) is 4. The quantitative estimate of drug-likeness (QED) is 0.842. The Balaban J connectivity index is 2.04. The lowest BCUT2D eigenvalue weighted by Gasteiger charge is -2.24. The molecule has 0 spiro atoms. The Kier molecular flexibility index (Phi) is 4.84. The predicted molar refractivity (Wildman–Crippen MR) is 71.0 cm³/mol. The topological polar surface area (TPSA) is 50.7 Å². The maximum atomic E-state index is 9.34. The highest BCUT2D eigenvalue weighted by Crippen LogP contribution is 2.24. The van der Waals surface area contributed by atoms with Crippen LogP contribution in [0.2, 0.25) is 0 Å². The molecule has 1 aliphatic rings. The molecule has 1 unspecified atom stereocenters. The molecule has 4 nitrogen and oxygen atoms in total. The van der Waals surface area contributed by atoms with Gasteiger partial charge in [-0.05, 0) is 38.0 Å². The standard InChI is InChI=1S/C14H21NO3/c1-2-18-14-6-5-12(8-11(14)9-16)15-13-4-3-7-17-10-13/h5-6,8,13,15-16H,2-4,7,9-10H2,1H3. The van der Waals surface area contributed by atoms with Crippen LogP contribution in [0.1, 0.15) is 25.3 Å². The molecule has 0 amide bonds. The Morgan fingerprint density at radius 1 is 1.50 bits per heavy atom. The molecular formula is C14H21NO3. The zero-order chi connectivity index (χ0) is 12.8. The highest BCUT2D eigenvalue weighted by atomic mass is 16.5. The Morgan fingerprint density at radius 2 is 2.39 bits per heavy atom. The van der Waals surface area contributed by atoms with Crippen LogP contribution in [0.15, 0.2) is 18.2 Å². The van der Waals surface area contributed by atoms with Crippen LogP contribution in [-0.2, 0) is 11.3 Å². The maximum Gasteiger partial charge on any atom is 0.124 e. The summed E-state index contributed by atoms with van der Waals surface area (Å²) in [5.74, 6) is 0.755. The van der Waals surface area contributed by atoms with Crippen molar-refractivity contribution in [1.82, 2.24) is 0 Å². The van der Waals surface area contributed by atoms with Crippen LogP contribution in [0, 0.1) is 0 Å². The van der Waals surface area contributed by atoms with Gasteiger partial charge in [-0.2, -0.15) is 0 Å². The van der Waals surface area contributed by atoms with Crippen LogP contribution in [-0.4, -0.2) is 31.0 Å². The molecule has 18 heavy (non-hydrogen) atoms. The molecule has 0 bridgehead atoms. The molecule has 1 aliphatic heterocycles. The molecule has 2 N–H and O–H groups in total. The number of anilines is 1. The van der Waals surface area contributed by atoms with Gasteiger partial charge in [-0.15, -0.1) is 0 Å². The monoisotopic (exact) mass is 251 g/mol. The fraction of sp³-hybridized carbons (Fsp3) is 0.571. The molecule has 1 saturated heterocycles. The molecule has 1 fully saturated rings. The normalized spacial score (nSPS) is 19.6. The predicted octanol–water partition coefficient (Wildman–Crippen LogP) is 2.17. The van der Waals surface area contributed by atoms with E-state index < -0.39 is 0 Å². The molecule has 1 aromatic rings. The number of rotatable bonds is 5. The van der Waals surface area contributed by atoms with Gasteiger partial charge in [0.05, 0.1) is 19.8 Å². The number of nitrogens with one attached hydrogen (secondary N) is 1. The second-order valence-corrected chi connectivity index (χ2v) is 4.47. The van der Waals surface area contributed by atoms with Gasteiger partial charge in [0, 0.05) is 23.9 Å². The first-order valence-corrected chi connectivity index (χ1v) is 6.54. The minimum Gasteiger partial charge on any atom is -0.494 e. The fourth-order valence-electron chi connectivity index (χ4n) is 2.18. The van der Waals surface area contributed by atoms with Gasteiger partial charge in [0.25, 0.3) is 0 Å². The summed E-state index contributed by atoms with van der Waals surface area (Å²) < 4.78 is 10.9. The Morgan fingerprint density at radius 3 is 3.06 bits per heavy atom. The van der Waals surface area contributed by atoms with Crippen molar-refractivity contribution in [1.29, 1.82) is 0 Å². The molecule has 4 heteroatoms. The van der Waals surface area contributed by atoms with Crippen molar-refractivity contribution in [3.05, 3.63) is 23.8 Å². The highest BCUT2D eigenvalue weighted by molar-refractivity contribution is 5.51. The van der Waals surface area contributed by atoms with E-state index in [0.717, 1.165) is 43.1 Å². The average molecular weight is 251 g/mol. The summed E-state index contributed by atoms with van der Waals surface area (Å²) in [6.45, 7) is 4.15. The minimum atomic E-state index is -0.00792. The molecular weight excluding hydrogens is 230 g/mol. The summed E-state index contributed by atoms with van der Waals surface area (Å²) in [7, 11) is 0. The van der Waals surface area contributed by atoms with Gasteiger partial charge in [0.2, 0.25) is 0 Å². The van der Waals surface area contributed by atoms with Gasteiger partial charge in [-0.25, -0.2) is 0 Å². The highest BCUT2D eigenvalue weighted by Gasteiger charge is 2.14. The number of hydrogen-bond donors (Lipinski definition) is 2. The molecule has 1 atom stereocenters. The van der Waals surface area contributed by atoms with E-state index in [1.165, 1.54) is 0 Å². The second-order valence-electron chi connectivity index (χ2n) is 4.47. The van der Waals surface area contributed by atoms with Crippen molar-refractivity contribution in [2.24, 2.45) is 0 Å². The Hall–Kier alpha value is -1.26. The van der Waals surface area contributed by atoms with Crippen molar-refractivity contribution < 1.29 is 14.6 Å². The van der Waals surface area contributed by atoms with E-state index in [-0.39, 0.29) is 6.61 Å². The summed E-state index contributed by atoms with van der Waals surface area (Å²) in [6.07, 6.45) is 2.23. The fourth-order valence-corrected chi connectivity index (χ4v) is 2.18. The number of aliphatic hydroxyl groups is 1. The first-order valence-electron chi connectivity index (χ1n) is 6.54. The van der Waals surface area contributed by atoms with Gasteiger partial charge < -0.3 is 19.9 Å². The lowest BCUT2D eigenvalue weighted by molar-refractivity contribution is 0.0876. The summed E-state index contributed by atoms with van der Waals surface area (Å²) >= 11 is 0. The van der Waals surface area contributed by atoms with E-state index in [2.05, 4.69) is 5.32 Å².